The molecule has 2 rings (SSSR count). The molecule has 0 aliphatic rings. The first-order valence-corrected chi connectivity index (χ1v) is 7.09. The summed E-state index contributed by atoms with van der Waals surface area (Å²) < 4.78 is 0. The van der Waals surface area contributed by atoms with Gasteiger partial charge < -0.3 is 15.7 Å². The molecular formula is C17H20N2O2. The molecule has 110 valence electrons. The van der Waals surface area contributed by atoms with E-state index in [0.29, 0.717) is 5.56 Å². The van der Waals surface area contributed by atoms with Crippen LogP contribution in [0.5, 0.6) is 5.75 Å². The fourth-order valence-electron chi connectivity index (χ4n) is 1.97. The van der Waals surface area contributed by atoms with E-state index in [1.54, 1.807) is 12.1 Å². The quantitative estimate of drug-likeness (QED) is 0.714. The molecule has 0 atom stereocenters. The zero-order valence-corrected chi connectivity index (χ0v) is 12.1. The number of nitrogens with one attached hydrogen (secondary N) is 2. The van der Waals surface area contributed by atoms with E-state index in [-0.39, 0.29) is 11.7 Å². The molecule has 0 heterocycles. The van der Waals surface area contributed by atoms with Crippen molar-refractivity contribution in [1.29, 1.82) is 0 Å². The van der Waals surface area contributed by atoms with Crippen molar-refractivity contribution in [1.82, 2.24) is 5.32 Å². The van der Waals surface area contributed by atoms with Gasteiger partial charge in [-0.1, -0.05) is 25.1 Å². The lowest BCUT2D eigenvalue weighted by Crippen LogP contribution is -2.14. The van der Waals surface area contributed by atoms with Gasteiger partial charge in [-0.2, -0.15) is 0 Å². The number of amides is 1. The number of rotatable bonds is 6. The lowest BCUT2D eigenvalue weighted by atomic mass is 10.1. The Morgan fingerprint density at radius 3 is 2.57 bits per heavy atom. The van der Waals surface area contributed by atoms with Gasteiger partial charge in [0, 0.05) is 17.8 Å². The topological polar surface area (TPSA) is 61.4 Å². The Labute approximate surface area is 124 Å². The molecule has 0 aromatic heterocycles. The molecule has 3 N–H and O–H groups in total. The molecule has 0 saturated carbocycles. The summed E-state index contributed by atoms with van der Waals surface area (Å²) in [6, 6.07) is 14.0. The summed E-state index contributed by atoms with van der Waals surface area (Å²) in [6.07, 6.45) is 1.11. The highest BCUT2D eigenvalue weighted by Crippen LogP contribution is 2.14. The predicted molar refractivity (Wildman–Crippen MR) is 84.5 cm³/mol. The Balaban J connectivity index is 1.95. The van der Waals surface area contributed by atoms with Crippen LogP contribution < -0.4 is 10.6 Å². The van der Waals surface area contributed by atoms with Gasteiger partial charge in [-0.15, -0.1) is 0 Å². The lowest BCUT2D eigenvalue weighted by molar-refractivity contribution is 0.102. The number of benzene rings is 2. The molecule has 1 amide bonds. The third-order valence-corrected chi connectivity index (χ3v) is 3.08. The minimum atomic E-state index is -0.234. The van der Waals surface area contributed by atoms with Gasteiger partial charge in [0.25, 0.3) is 5.91 Å². The van der Waals surface area contributed by atoms with Gasteiger partial charge in [-0.3, -0.25) is 4.79 Å². The van der Waals surface area contributed by atoms with Crippen LogP contribution in [0.3, 0.4) is 0 Å². The molecule has 0 unspecified atom stereocenters. The first kappa shape index (κ1) is 15.1. The Kier molecular flexibility index (Phi) is 5.35. The van der Waals surface area contributed by atoms with Crippen LogP contribution in [0.4, 0.5) is 5.69 Å². The fraction of sp³-hybridized carbons (Fsp3) is 0.235. The minimum Gasteiger partial charge on any atom is -0.508 e. The monoisotopic (exact) mass is 284 g/mol. The Bertz CT molecular complexity index is 594. The number of carbonyl (C=O) groups excluding carboxylic acids is 1. The SMILES string of the molecule is CCCNCc1ccc(NC(=O)c2cccc(O)c2)cc1. The number of hydrogen-bond donors (Lipinski definition) is 3. The zero-order valence-electron chi connectivity index (χ0n) is 12.1. The molecule has 0 aliphatic heterocycles. The van der Waals surface area contributed by atoms with Crippen molar-refractivity contribution in [2.75, 3.05) is 11.9 Å². The summed E-state index contributed by atoms with van der Waals surface area (Å²) in [4.78, 5) is 12.0. The van der Waals surface area contributed by atoms with Crippen molar-refractivity contribution >= 4 is 11.6 Å². The summed E-state index contributed by atoms with van der Waals surface area (Å²) in [5.74, 6) is -0.150. The van der Waals surface area contributed by atoms with Gasteiger partial charge in [0.15, 0.2) is 0 Å². The molecule has 0 bridgehead atoms. The Morgan fingerprint density at radius 2 is 1.90 bits per heavy atom. The molecule has 2 aromatic carbocycles. The second-order valence-electron chi connectivity index (χ2n) is 4.88. The zero-order chi connectivity index (χ0) is 15.1. The average molecular weight is 284 g/mol. The average Bonchev–Trinajstić information content (AvgIpc) is 2.49. The van der Waals surface area contributed by atoms with E-state index in [2.05, 4.69) is 17.6 Å². The van der Waals surface area contributed by atoms with E-state index in [4.69, 9.17) is 0 Å². The van der Waals surface area contributed by atoms with Crippen molar-refractivity contribution < 1.29 is 9.90 Å². The van der Waals surface area contributed by atoms with Crippen LogP contribution in [-0.4, -0.2) is 17.6 Å². The number of hydrogen-bond acceptors (Lipinski definition) is 3. The summed E-state index contributed by atoms with van der Waals surface area (Å²) in [5.41, 5.74) is 2.35. The molecule has 0 aliphatic carbocycles. The summed E-state index contributed by atoms with van der Waals surface area (Å²) in [5, 5.41) is 15.5. The highest BCUT2D eigenvalue weighted by molar-refractivity contribution is 6.04. The van der Waals surface area contributed by atoms with E-state index in [1.807, 2.05) is 24.3 Å². The van der Waals surface area contributed by atoms with Crippen molar-refractivity contribution in [2.45, 2.75) is 19.9 Å². The number of carbonyl (C=O) groups is 1. The van der Waals surface area contributed by atoms with Crippen LogP contribution in [0.25, 0.3) is 0 Å². The maximum absolute atomic E-state index is 12.0. The second kappa shape index (κ2) is 7.45. The van der Waals surface area contributed by atoms with Gasteiger partial charge >= 0.3 is 0 Å². The van der Waals surface area contributed by atoms with Gasteiger partial charge in [0.2, 0.25) is 0 Å². The number of phenolic OH excluding ortho intramolecular Hbond substituents is 1. The third-order valence-electron chi connectivity index (χ3n) is 3.08. The smallest absolute Gasteiger partial charge is 0.255 e. The van der Waals surface area contributed by atoms with Gasteiger partial charge in [-0.25, -0.2) is 0 Å². The normalized spacial score (nSPS) is 10.3. The van der Waals surface area contributed by atoms with Gasteiger partial charge in [0.05, 0.1) is 0 Å². The molecule has 0 spiro atoms. The fourth-order valence-corrected chi connectivity index (χ4v) is 1.97. The molecule has 2 aromatic rings. The largest absolute Gasteiger partial charge is 0.508 e. The van der Waals surface area contributed by atoms with Crippen molar-refractivity contribution in [2.24, 2.45) is 0 Å². The predicted octanol–water partition coefficient (Wildman–Crippen LogP) is 3.14. The van der Waals surface area contributed by atoms with Gasteiger partial charge in [0.1, 0.15) is 5.75 Å². The third kappa shape index (κ3) is 4.61. The van der Waals surface area contributed by atoms with Crippen LogP contribution in [0.1, 0.15) is 29.3 Å². The lowest BCUT2D eigenvalue weighted by Gasteiger charge is -2.07. The highest BCUT2D eigenvalue weighted by atomic mass is 16.3. The van der Waals surface area contributed by atoms with Crippen LogP contribution >= 0.6 is 0 Å². The van der Waals surface area contributed by atoms with Crippen LogP contribution in [0.2, 0.25) is 0 Å². The molecule has 0 radical (unpaired) electrons. The second-order valence-corrected chi connectivity index (χ2v) is 4.88. The minimum absolute atomic E-state index is 0.0833. The first-order valence-electron chi connectivity index (χ1n) is 7.09. The standard InChI is InChI=1S/C17H20N2O2/c1-2-10-18-12-13-6-8-15(9-7-13)19-17(21)14-4-3-5-16(20)11-14/h3-9,11,18,20H,2,10,12H2,1H3,(H,19,21). The molecule has 4 nitrogen and oxygen atoms in total. The van der Waals surface area contributed by atoms with Crippen molar-refractivity contribution in [3.63, 3.8) is 0 Å². The first-order chi connectivity index (χ1) is 10.2. The highest BCUT2D eigenvalue weighted by Gasteiger charge is 2.06. The summed E-state index contributed by atoms with van der Waals surface area (Å²) in [6.45, 7) is 3.96. The van der Waals surface area contributed by atoms with E-state index < -0.39 is 0 Å². The van der Waals surface area contributed by atoms with E-state index >= 15 is 0 Å². The molecule has 0 fully saturated rings. The maximum Gasteiger partial charge on any atom is 0.255 e. The Hall–Kier alpha value is -2.33. The van der Waals surface area contributed by atoms with Crippen molar-refractivity contribution in [3.05, 3.63) is 59.7 Å². The summed E-state index contributed by atoms with van der Waals surface area (Å²) >= 11 is 0. The van der Waals surface area contributed by atoms with Crippen LogP contribution in [0.15, 0.2) is 48.5 Å². The molecule has 21 heavy (non-hydrogen) atoms. The molecule has 4 heteroatoms. The van der Waals surface area contributed by atoms with Gasteiger partial charge in [-0.05, 0) is 48.9 Å². The van der Waals surface area contributed by atoms with E-state index in [9.17, 15) is 9.90 Å². The van der Waals surface area contributed by atoms with Crippen LogP contribution in [-0.2, 0) is 6.54 Å². The number of phenols is 1. The van der Waals surface area contributed by atoms with Crippen molar-refractivity contribution in [3.8, 4) is 5.75 Å². The Morgan fingerprint density at radius 1 is 1.14 bits per heavy atom. The van der Waals surface area contributed by atoms with E-state index in [0.717, 1.165) is 25.2 Å². The summed E-state index contributed by atoms with van der Waals surface area (Å²) in [7, 11) is 0. The molecular weight excluding hydrogens is 264 g/mol. The number of anilines is 1. The maximum atomic E-state index is 12.0. The molecule has 0 saturated heterocycles. The number of aromatic hydroxyl groups is 1. The van der Waals surface area contributed by atoms with E-state index in [1.165, 1.54) is 17.7 Å². The van der Waals surface area contributed by atoms with Crippen LogP contribution in [0, 0.1) is 0 Å².